The number of carbonyl (C=O) groups is 1. The zero-order chi connectivity index (χ0) is 26.0. The maximum absolute atomic E-state index is 12.5. The second-order valence-electron chi connectivity index (χ2n) is 9.36. The number of fused-ring (bicyclic) bond motifs is 1. The van der Waals surface area contributed by atoms with Crippen molar-refractivity contribution in [2.75, 3.05) is 31.6 Å². The molecule has 2 amide bonds. The van der Waals surface area contributed by atoms with Crippen molar-refractivity contribution in [2.45, 2.75) is 32.4 Å². The fourth-order valence-corrected chi connectivity index (χ4v) is 4.59. The van der Waals surface area contributed by atoms with Gasteiger partial charge in [-0.05, 0) is 67.9 Å². The third-order valence-electron chi connectivity index (χ3n) is 6.63. The Labute approximate surface area is 223 Å². The normalized spacial score (nSPS) is 13.7. The minimum atomic E-state index is -0.312. The minimum absolute atomic E-state index is 0.293. The molecule has 1 aliphatic heterocycles. The van der Waals surface area contributed by atoms with Crippen LogP contribution in [0.25, 0.3) is 10.8 Å². The maximum atomic E-state index is 12.5. The summed E-state index contributed by atoms with van der Waals surface area (Å²) in [6, 6.07) is 23.0. The first kappa shape index (κ1) is 25.5. The van der Waals surface area contributed by atoms with E-state index in [1.165, 1.54) is 32.4 Å². The van der Waals surface area contributed by atoms with Crippen molar-refractivity contribution >= 4 is 22.5 Å². The molecule has 1 aliphatic rings. The van der Waals surface area contributed by atoms with E-state index >= 15 is 0 Å². The quantitative estimate of drug-likeness (QED) is 0.297. The van der Waals surface area contributed by atoms with E-state index in [9.17, 15) is 4.79 Å². The highest BCUT2D eigenvalue weighted by Crippen LogP contribution is 2.32. The lowest BCUT2D eigenvalue weighted by atomic mass is 10.1. The van der Waals surface area contributed by atoms with E-state index in [1.54, 1.807) is 12.3 Å². The molecule has 0 aliphatic carbocycles. The number of benzene rings is 3. The maximum Gasteiger partial charge on any atom is 0.319 e. The lowest BCUT2D eigenvalue weighted by Gasteiger charge is -2.26. The third kappa shape index (κ3) is 6.98. The molecule has 1 fully saturated rings. The Bertz CT molecular complexity index is 1330. The first-order valence-electron chi connectivity index (χ1n) is 13.1. The molecule has 4 aromatic rings. The van der Waals surface area contributed by atoms with Gasteiger partial charge in [0.2, 0.25) is 0 Å². The summed E-state index contributed by atoms with van der Waals surface area (Å²) < 4.78 is 12.1. The molecule has 0 unspecified atom stereocenters. The molecule has 196 valence electrons. The summed E-state index contributed by atoms with van der Waals surface area (Å²) in [7, 11) is 0. The van der Waals surface area contributed by atoms with Gasteiger partial charge in [-0.2, -0.15) is 10.2 Å². The summed E-state index contributed by atoms with van der Waals surface area (Å²) in [5.74, 6) is 1.64. The van der Waals surface area contributed by atoms with Crippen molar-refractivity contribution in [3.05, 3.63) is 90.3 Å². The molecule has 1 saturated heterocycles. The molecular weight excluding hydrogens is 478 g/mol. The predicted molar refractivity (Wildman–Crippen MR) is 148 cm³/mol. The zero-order valence-electron chi connectivity index (χ0n) is 21.4. The van der Waals surface area contributed by atoms with Gasteiger partial charge in [0.25, 0.3) is 0 Å². The van der Waals surface area contributed by atoms with Gasteiger partial charge in [-0.3, -0.25) is 4.90 Å². The fourth-order valence-electron chi connectivity index (χ4n) is 4.59. The number of nitrogens with one attached hydrogen (secondary N) is 2. The standard InChI is InChI=1S/C30H33N5O3/c36-30(31-21-24-7-6-16-32-34-24)33-28-14-15-29(27-9-3-2-8-26(27)28)38-22-23-10-12-25(13-11-23)37-20-19-35-17-4-1-5-18-35/h2-3,6-16H,1,4-5,17-22H2,(H2,31,33,36). The first-order chi connectivity index (χ1) is 18.7. The van der Waals surface area contributed by atoms with Crippen molar-refractivity contribution < 1.29 is 14.3 Å². The molecule has 8 nitrogen and oxygen atoms in total. The summed E-state index contributed by atoms with van der Waals surface area (Å²) in [6.07, 6.45) is 5.54. The summed E-state index contributed by atoms with van der Waals surface area (Å²) in [5, 5.41) is 15.4. The highest BCUT2D eigenvalue weighted by molar-refractivity contribution is 6.03. The lowest BCUT2D eigenvalue weighted by molar-refractivity contribution is 0.183. The van der Waals surface area contributed by atoms with Crippen LogP contribution in [0.2, 0.25) is 0 Å². The molecule has 1 aromatic heterocycles. The summed E-state index contributed by atoms with van der Waals surface area (Å²) in [5.41, 5.74) is 2.45. The molecule has 5 rings (SSSR count). The van der Waals surface area contributed by atoms with E-state index in [1.807, 2.05) is 66.7 Å². The number of hydrogen-bond acceptors (Lipinski definition) is 6. The van der Waals surface area contributed by atoms with Gasteiger partial charge in [0.15, 0.2) is 0 Å². The highest BCUT2D eigenvalue weighted by Gasteiger charge is 2.11. The van der Waals surface area contributed by atoms with Crippen LogP contribution in [-0.4, -0.2) is 47.4 Å². The third-order valence-corrected chi connectivity index (χ3v) is 6.63. The summed E-state index contributed by atoms with van der Waals surface area (Å²) in [4.78, 5) is 15.0. The molecular formula is C30H33N5O3. The summed E-state index contributed by atoms with van der Waals surface area (Å²) >= 11 is 0. The second-order valence-corrected chi connectivity index (χ2v) is 9.36. The van der Waals surface area contributed by atoms with Crippen LogP contribution in [0, 0.1) is 0 Å². The van der Waals surface area contributed by atoms with Gasteiger partial charge in [-0.1, -0.05) is 42.8 Å². The Morgan fingerprint density at radius 3 is 2.47 bits per heavy atom. The van der Waals surface area contributed by atoms with E-state index in [0.29, 0.717) is 31.1 Å². The van der Waals surface area contributed by atoms with E-state index in [-0.39, 0.29) is 6.03 Å². The molecule has 0 bridgehead atoms. The Morgan fingerprint density at radius 2 is 1.68 bits per heavy atom. The van der Waals surface area contributed by atoms with E-state index in [4.69, 9.17) is 9.47 Å². The number of hydrogen-bond donors (Lipinski definition) is 2. The SMILES string of the molecule is O=C(NCc1cccnn1)Nc1ccc(OCc2ccc(OCCN3CCCCC3)cc2)c2ccccc12. The van der Waals surface area contributed by atoms with Gasteiger partial charge in [-0.25, -0.2) is 4.79 Å². The van der Waals surface area contributed by atoms with Gasteiger partial charge < -0.3 is 20.1 Å². The number of aromatic nitrogens is 2. The van der Waals surface area contributed by atoms with Crippen LogP contribution < -0.4 is 20.1 Å². The fraction of sp³-hybridized carbons (Fsp3) is 0.300. The van der Waals surface area contributed by atoms with E-state index in [0.717, 1.165) is 34.4 Å². The van der Waals surface area contributed by atoms with Gasteiger partial charge in [0.05, 0.1) is 17.9 Å². The second kappa shape index (κ2) is 12.9. The molecule has 3 aromatic carbocycles. The molecule has 38 heavy (non-hydrogen) atoms. The lowest BCUT2D eigenvalue weighted by Crippen LogP contribution is -2.33. The van der Waals surface area contributed by atoms with Crippen molar-refractivity contribution in [3.8, 4) is 11.5 Å². The molecule has 0 radical (unpaired) electrons. The number of amides is 2. The molecule has 0 atom stereocenters. The zero-order valence-corrected chi connectivity index (χ0v) is 21.4. The Balaban J connectivity index is 1.15. The van der Waals surface area contributed by atoms with Gasteiger partial charge in [0, 0.05) is 23.5 Å². The number of likely N-dealkylation sites (tertiary alicyclic amines) is 1. The minimum Gasteiger partial charge on any atom is -0.492 e. The monoisotopic (exact) mass is 511 g/mol. The van der Waals surface area contributed by atoms with Gasteiger partial charge in [-0.15, -0.1) is 0 Å². The van der Waals surface area contributed by atoms with Crippen LogP contribution in [0.3, 0.4) is 0 Å². The van der Waals surface area contributed by atoms with Gasteiger partial charge in [0.1, 0.15) is 24.7 Å². The van der Waals surface area contributed by atoms with E-state index < -0.39 is 0 Å². The Morgan fingerprint density at radius 1 is 0.868 bits per heavy atom. The molecule has 8 heteroatoms. The Kier molecular flexibility index (Phi) is 8.63. The van der Waals surface area contributed by atoms with Crippen molar-refractivity contribution in [2.24, 2.45) is 0 Å². The average Bonchev–Trinajstić information content (AvgIpc) is 2.97. The predicted octanol–water partition coefficient (Wildman–Crippen LogP) is 5.40. The number of nitrogens with zero attached hydrogens (tertiary/aromatic N) is 3. The van der Waals surface area contributed by atoms with Crippen molar-refractivity contribution in [1.82, 2.24) is 20.4 Å². The van der Waals surface area contributed by atoms with Crippen LogP contribution >= 0.6 is 0 Å². The Hall–Kier alpha value is -4.17. The van der Waals surface area contributed by atoms with Crippen molar-refractivity contribution in [3.63, 3.8) is 0 Å². The van der Waals surface area contributed by atoms with Crippen LogP contribution in [-0.2, 0) is 13.2 Å². The highest BCUT2D eigenvalue weighted by atomic mass is 16.5. The summed E-state index contributed by atoms with van der Waals surface area (Å²) in [6.45, 7) is 4.78. The topological polar surface area (TPSA) is 88.6 Å². The smallest absolute Gasteiger partial charge is 0.319 e. The molecule has 2 N–H and O–H groups in total. The number of rotatable bonds is 10. The number of urea groups is 1. The molecule has 0 saturated carbocycles. The average molecular weight is 512 g/mol. The molecule has 2 heterocycles. The number of anilines is 1. The number of carbonyl (C=O) groups excluding carboxylic acids is 1. The van der Waals surface area contributed by atoms with Crippen molar-refractivity contribution in [1.29, 1.82) is 0 Å². The number of piperidine rings is 1. The van der Waals surface area contributed by atoms with E-state index in [2.05, 4.69) is 25.7 Å². The largest absolute Gasteiger partial charge is 0.492 e. The molecule has 0 spiro atoms. The van der Waals surface area contributed by atoms with Crippen LogP contribution in [0.1, 0.15) is 30.5 Å². The van der Waals surface area contributed by atoms with Crippen LogP contribution in [0.4, 0.5) is 10.5 Å². The number of ether oxygens (including phenoxy) is 2. The van der Waals surface area contributed by atoms with Gasteiger partial charge >= 0.3 is 6.03 Å². The first-order valence-corrected chi connectivity index (χ1v) is 13.1. The van der Waals surface area contributed by atoms with Crippen LogP contribution in [0.5, 0.6) is 11.5 Å². The van der Waals surface area contributed by atoms with Crippen LogP contribution in [0.15, 0.2) is 79.0 Å².